The van der Waals surface area contributed by atoms with Crippen molar-refractivity contribution in [2.24, 2.45) is 0 Å². The van der Waals surface area contributed by atoms with E-state index in [1.807, 2.05) is 25.1 Å². The molecule has 1 amide bonds. The molecule has 0 aliphatic heterocycles. The summed E-state index contributed by atoms with van der Waals surface area (Å²) in [5, 5.41) is 4.10. The van der Waals surface area contributed by atoms with Gasteiger partial charge in [0.05, 0.1) is 12.8 Å². The van der Waals surface area contributed by atoms with Gasteiger partial charge in [0.25, 0.3) is 5.91 Å². The van der Waals surface area contributed by atoms with E-state index in [1.54, 1.807) is 24.5 Å². The second kappa shape index (κ2) is 7.51. The largest absolute Gasteiger partial charge is 0.492 e. The molecule has 3 aromatic rings. The molecule has 1 N–H and O–H groups in total. The highest BCUT2D eigenvalue weighted by atomic mass is 35.5. The summed E-state index contributed by atoms with van der Waals surface area (Å²) < 4.78 is 10.8. The Morgan fingerprint density at radius 2 is 2.25 bits per heavy atom. The van der Waals surface area contributed by atoms with Gasteiger partial charge in [-0.25, -0.2) is 4.98 Å². The fourth-order valence-electron chi connectivity index (χ4n) is 2.09. The standard InChI is InChI=1S/C17H15ClN2O3S/c1-11-15(20-17(24-11)14-6-3-8-23-14)16(21)19-7-9-22-13-5-2-4-12(18)10-13/h2-6,8,10H,7,9H2,1H3,(H,19,21). The van der Waals surface area contributed by atoms with Crippen LogP contribution in [-0.4, -0.2) is 24.0 Å². The number of amides is 1. The van der Waals surface area contributed by atoms with Crippen LogP contribution in [0.15, 0.2) is 47.1 Å². The number of nitrogens with one attached hydrogen (secondary N) is 1. The van der Waals surface area contributed by atoms with E-state index in [9.17, 15) is 4.79 Å². The predicted octanol–water partition coefficient (Wildman–Crippen LogP) is 4.17. The van der Waals surface area contributed by atoms with Gasteiger partial charge in [-0.1, -0.05) is 17.7 Å². The van der Waals surface area contributed by atoms with Gasteiger partial charge in [0.1, 0.15) is 18.1 Å². The van der Waals surface area contributed by atoms with Gasteiger partial charge >= 0.3 is 0 Å². The molecule has 1 aromatic carbocycles. The van der Waals surface area contributed by atoms with Crippen LogP contribution in [-0.2, 0) is 0 Å². The number of carbonyl (C=O) groups excluding carboxylic acids is 1. The van der Waals surface area contributed by atoms with E-state index < -0.39 is 0 Å². The summed E-state index contributed by atoms with van der Waals surface area (Å²) in [5.41, 5.74) is 0.411. The van der Waals surface area contributed by atoms with Gasteiger partial charge in [-0.05, 0) is 37.3 Å². The van der Waals surface area contributed by atoms with Crippen LogP contribution in [0.25, 0.3) is 10.8 Å². The Labute approximate surface area is 148 Å². The zero-order chi connectivity index (χ0) is 16.9. The summed E-state index contributed by atoms with van der Waals surface area (Å²) in [6.07, 6.45) is 1.58. The molecule has 0 aliphatic rings. The topological polar surface area (TPSA) is 64.4 Å². The lowest BCUT2D eigenvalue weighted by Crippen LogP contribution is -2.28. The summed E-state index contributed by atoms with van der Waals surface area (Å²) in [4.78, 5) is 17.4. The van der Waals surface area contributed by atoms with Crippen LogP contribution in [0, 0.1) is 6.92 Å². The first-order chi connectivity index (χ1) is 11.6. The lowest BCUT2D eigenvalue weighted by Gasteiger charge is -2.07. The average molecular weight is 363 g/mol. The molecule has 3 rings (SSSR count). The molecule has 7 heteroatoms. The van der Waals surface area contributed by atoms with Gasteiger partial charge < -0.3 is 14.5 Å². The highest BCUT2D eigenvalue weighted by Crippen LogP contribution is 2.27. The number of rotatable bonds is 6. The monoisotopic (exact) mass is 362 g/mol. The van der Waals surface area contributed by atoms with Crippen LogP contribution in [0.4, 0.5) is 0 Å². The van der Waals surface area contributed by atoms with Crippen molar-refractivity contribution in [1.29, 1.82) is 0 Å². The SMILES string of the molecule is Cc1sc(-c2ccco2)nc1C(=O)NCCOc1cccc(Cl)c1. The van der Waals surface area contributed by atoms with Crippen molar-refractivity contribution >= 4 is 28.8 Å². The number of nitrogens with zero attached hydrogens (tertiary/aromatic N) is 1. The highest BCUT2D eigenvalue weighted by Gasteiger charge is 2.17. The molecule has 0 saturated carbocycles. The number of aryl methyl sites for hydroxylation is 1. The number of hydrogen-bond acceptors (Lipinski definition) is 5. The van der Waals surface area contributed by atoms with E-state index in [1.165, 1.54) is 11.3 Å². The van der Waals surface area contributed by atoms with E-state index in [0.29, 0.717) is 40.4 Å². The number of ether oxygens (including phenoxy) is 1. The summed E-state index contributed by atoms with van der Waals surface area (Å²) in [7, 11) is 0. The van der Waals surface area contributed by atoms with Crippen molar-refractivity contribution in [3.63, 3.8) is 0 Å². The molecule has 0 fully saturated rings. The maximum atomic E-state index is 12.2. The zero-order valence-electron chi connectivity index (χ0n) is 12.9. The van der Waals surface area contributed by atoms with Crippen molar-refractivity contribution < 1.29 is 13.9 Å². The van der Waals surface area contributed by atoms with Crippen molar-refractivity contribution in [3.05, 3.63) is 58.3 Å². The van der Waals surface area contributed by atoms with Crippen molar-refractivity contribution in [3.8, 4) is 16.5 Å². The number of furan rings is 1. The Bertz CT molecular complexity index is 830. The molecule has 0 aliphatic carbocycles. The number of thiazole rings is 1. The third-order valence-electron chi connectivity index (χ3n) is 3.20. The second-order valence-electron chi connectivity index (χ2n) is 4.96. The van der Waals surface area contributed by atoms with Gasteiger partial charge in [0.2, 0.25) is 0 Å². The molecule has 0 saturated heterocycles. The quantitative estimate of drug-likeness (QED) is 0.668. The fraction of sp³-hybridized carbons (Fsp3) is 0.176. The predicted molar refractivity (Wildman–Crippen MR) is 93.8 cm³/mol. The van der Waals surface area contributed by atoms with E-state index in [4.69, 9.17) is 20.8 Å². The van der Waals surface area contributed by atoms with Gasteiger partial charge in [0, 0.05) is 9.90 Å². The minimum absolute atomic E-state index is 0.226. The van der Waals surface area contributed by atoms with Gasteiger partial charge in [-0.15, -0.1) is 11.3 Å². The Hall–Kier alpha value is -2.31. The Kier molecular flexibility index (Phi) is 5.17. The molecule has 24 heavy (non-hydrogen) atoms. The molecule has 0 bridgehead atoms. The smallest absolute Gasteiger partial charge is 0.271 e. The minimum atomic E-state index is -0.226. The molecule has 5 nitrogen and oxygen atoms in total. The van der Waals surface area contributed by atoms with Gasteiger partial charge in [0.15, 0.2) is 10.8 Å². The van der Waals surface area contributed by atoms with Crippen LogP contribution in [0.1, 0.15) is 15.4 Å². The summed E-state index contributed by atoms with van der Waals surface area (Å²) >= 11 is 7.31. The summed E-state index contributed by atoms with van der Waals surface area (Å²) in [6.45, 7) is 2.58. The average Bonchev–Trinajstić information content (AvgIpc) is 3.21. The van der Waals surface area contributed by atoms with Crippen LogP contribution in [0.5, 0.6) is 5.75 Å². The third-order valence-corrected chi connectivity index (χ3v) is 4.42. The maximum Gasteiger partial charge on any atom is 0.271 e. The lowest BCUT2D eigenvalue weighted by atomic mass is 10.3. The summed E-state index contributed by atoms with van der Waals surface area (Å²) in [6, 6.07) is 10.7. The third kappa shape index (κ3) is 3.96. The number of hydrogen-bond donors (Lipinski definition) is 1. The number of halogens is 1. The van der Waals surface area contributed by atoms with E-state index in [0.717, 1.165) is 4.88 Å². The van der Waals surface area contributed by atoms with Crippen LogP contribution in [0.2, 0.25) is 5.02 Å². The molecule has 2 heterocycles. The first-order valence-electron chi connectivity index (χ1n) is 7.31. The lowest BCUT2D eigenvalue weighted by molar-refractivity contribution is 0.0942. The van der Waals surface area contributed by atoms with Crippen LogP contribution in [0.3, 0.4) is 0 Å². The van der Waals surface area contributed by atoms with Crippen molar-refractivity contribution in [2.45, 2.75) is 6.92 Å². The Morgan fingerprint density at radius 3 is 3.00 bits per heavy atom. The number of carbonyl (C=O) groups is 1. The first kappa shape index (κ1) is 16.5. The maximum absolute atomic E-state index is 12.2. The first-order valence-corrected chi connectivity index (χ1v) is 8.51. The molecule has 0 atom stereocenters. The zero-order valence-corrected chi connectivity index (χ0v) is 14.5. The fourth-order valence-corrected chi connectivity index (χ4v) is 3.15. The van der Waals surface area contributed by atoms with Crippen molar-refractivity contribution in [1.82, 2.24) is 10.3 Å². The molecule has 2 aromatic heterocycles. The Morgan fingerprint density at radius 1 is 1.38 bits per heavy atom. The summed E-state index contributed by atoms with van der Waals surface area (Å²) in [5.74, 6) is 1.10. The normalized spacial score (nSPS) is 10.6. The highest BCUT2D eigenvalue weighted by molar-refractivity contribution is 7.15. The molecule has 124 valence electrons. The van der Waals surface area contributed by atoms with E-state index in [2.05, 4.69) is 10.3 Å². The number of aromatic nitrogens is 1. The number of benzene rings is 1. The molecule has 0 unspecified atom stereocenters. The van der Waals surface area contributed by atoms with Gasteiger partial charge in [-0.3, -0.25) is 4.79 Å². The molecular weight excluding hydrogens is 348 g/mol. The van der Waals surface area contributed by atoms with E-state index in [-0.39, 0.29) is 5.91 Å². The van der Waals surface area contributed by atoms with Gasteiger partial charge in [-0.2, -0.15) is 0 Å². The van der Waals surface area contributed by atoms with Crippen LogP contribution < -0.4 is 10.1 Å². The van der Waals surface area contributed by atoms with Crippen LogP contribution >= 0.6 is 22.9 Å². The van der Waals surface area contributed by atoms with E-state index >= 15 is 0 Å². The Balaban J connectivity index is 1.54. The molecule has 0 spiro atoms. The molecular formula is C17H15ClN2O3S. The minimum Gasteiger partial charge on any atom is -0.492 e. The molecule has 0 radical (unpaired) electrons. The second-order valence-corrected chi connectivity index (χ2v) is 6.60. The van der Waals surface area contributed by atoms with Crippen molar-refractivity contribution in [2.75, 3.05) is 13.2 Å².